The van der Waals surface area contributed by atoms with Gasteiger partial charge < -0.3 is 4.74 Å². The summed E-state index contributed by atoms with van der Waals surface area (Å²) in [5.74, 6) is -0.532. The molecule has 1 fully saturated rings. The molecule has 3 rings (SSSR count). The minimum atomic E-state index is -3.69. The number of methoxy groups -OCH3 is 1. The average Bonchev–Trinajstić information content (AvgIpc) is 2.79. The third kappa shape index (κ3) is 4.61. The van der Waals surface area contributed by atoms with E-state index in [2.05, 4.69) is 25.7 Å². The van der Waals surface area contributed by atoms with Crippen molar-refractivity contribution in [1.82, 2.24) is 9.21 Å². The van der Waals surface area contributed by atoms with Crippen molar-refractivity contribution in [1.29, 1.82) is 0 Å². The van der Waals surface area contributed by atoms with Gasteiger partial charge >= 0.3 is 5.97 Å². The van der Waals surface area contributed by atoms with Crippen LogP contribution in [-0.4, -0.2) is 56.9 Å². The van der Waals surface area contributed by atoms with Gasteiger partial charge in [0.2, 0.25) is 0 Å². The van der Waals surface area contributed by atoms with Crippen LogP contribution in [0, 0.1) is 5.41 Å². The van der Waals surface area contributed by atoms with Crippen LogP contribution in [-0.2, 0) is 27.7 Å². The minimum absolute atomic E-state index is 0.168. The molecule has 1 aromatic heterocycles. The van der Waals surface area contributed by atoms with Crippen molar-refractivity contribution in [2.75, 3.05) is 33.3 Å². The van der Waals surface area contributed by atoms with Crippen LogP contribution in [0.25, 0.3) is 0 Å². The molecule has 0 spiro atoms. The number of fused-ring (bicyclic) bond motifs is 1. The fraction of sp³-hybridized carbons (Fsp3) is 0.750. The Bertz CT molecular complexity index is 816. The van der Waals surface area contributed by atoms with Gasteiger partial charge in [-0.05, 0) is 30.2 Å². The van der Waals surface area contributed by atoms with E-state index >= 15 is 0 Å². The Morgan fingerprint density at radius 3 is 2.32 bits per heavy atom. The number of hydrogen-bond donors (Lipinski definition) is 0. The molecular formula is C20H32N2O4S2. The molecule has 0 amide bonds. The van der Waals surface area contributed by atoms with Gasteiger partial charge in [0.25, 0.3) is 10.0 Å². The van der Waals surface area contributed by atoms with Gasteiger partial charge in [0, 0.05) is 37.6 Å². The molecule has 2 aliphatic rings. The summed E-state index contributed by atoms with van der Waals surface area (Å²) in [6, 6.07) is 0. The van der Waals surface area contributed by atoms with E-state index in [-0.39, 0.29) is 15.2 Å². The van der Waals surface area contributed by atoms with Crippen molar-refractivity contribution in [3.8, 4) is 0 Å². The largest absolute Gasteiger partial charge is 0.465 e. The van der Waals surface area contributed by atoms with Gasteiger partial charge in [-0.2, -0.15) is 4.31 Å². The van der Waals surface area contributed by atoms with Gasteiger partial charge in [0.05, 0.1) is 12.7 Å². The highest BCUT2D eigenvalue weighted by Gasteiger charge is 2.37. The van der Waals surface area contributed by atoms with E-state index in [0.29, 0.717) is 26.1 Å². The lowest BCUT2D eigenvalue weighted by molar-refractivity contribution is 0.0594. The Labute approximate surface area is 172 Å². The van der Waals surface area contributed by atoms with Gasteiger partial charge in [-0.25, -0.2) is 13.2 Å². The highest BCUT2D eigenvalue weighted by atomic mass is 32.2. The molecule has 0 atom stereocenters. The van der Waals surface area contributed by atoms with Gasteiger partial charge in [-0.15, -0.1) is 11.3 Å². The molecule has 8 heteroatoms. The summed E-state index contributed by atoms with van der Waals surface area (Å²) < 4.78 is 33.6. The van der Waals surface area contributed by atoms with Crippen LogP contribution in [0.4, 0.5) is 0 Å². The third-order valence-corrected chi connectivity index (χ3v) is 8.94. The number of carbonyl (C=O) groups is 1. The summed E-state index contributed by atoms with van der Waals surface area (Å²) in [6.07, 6.45) is 4.54. The molecule has 0 aromatic carbocycles. The quantitative estimate of drug-likeness (QED) is 0.687. The smallest absolute Gasteiger partial charge is 0.340 e. The topological polar surface area (TPSA) is 66.9 Å². The van der Waals surface area contributed by atoms with E-state index in [1.165, 1.54) is 18.4 Å². The number of sulfonamides is 1. The Morgan fingerprint density at radius 2 is 1.75 bits per heavy atom. The predicted octanol–water partition coefficient (Wildman–Crippen LogP) is 3.50. The Balaban J connectivity index is 1.99. The third-order valence-electron chi connectivity index (χ3n) is 5.33. The van der Waals surface area contributed by atoms with Crippen LogP contribution in [0.15, 0.2) is 4.21 Å². The van der Waals surface area contributed by atoms with E-state index in [1.54, 1.807) is 4.31 Å². The fourth-order valence-corrected chi connectivity index (χ4v) is 7.71. The highest BCUT2D eigenvalue weighted by Crippen LogP contribution is 2.39. The van der Waals surface area contributed by atoms with Crippen LogP contribution >= 0.6 is 11.3 Å². The first-order valence-corrected chi connectivity index (χ1v) is 12.3. The Hall–Kier alpha value is -0.960. The summed E-state index contributed by atoms with van der Waals surface area (Å²) >= 11 is 1.27. The van der Waals surface area contributed by atoms with Crippen LogP contribution in [0.5, 0.6) is 0 Å². The number of esters is 1. The lowest BCUT2D eigenvalue weighted by atomic mass is 9.94. The van der Waals surface area contributed by atoms with Crippen molar-refractivity contribution in [2.24, 2.45) is 5.41 Å². The standard InChI is InChI=1S/C20H32N2O4S2/c1-20(2,3)14-21-12-9-15-16(13-21)27-19(17(15)18(23)26-4)28(24,25)22-10-7-5-6-8-11-22/h5-14H2,1-4H3. The average molecular weight is 429 g/mol. The molecule has 158 valence electrons. The Kier molecular flexibility index (Phi) is 6.54. The molecular weight excluding hydrogens is 396 g/mol. The van der Waals surface area contributed by atoms with Crippen molar-refractivity contribution in [2.45, 2.75) is 63.6 Å². The second kappa shape index (κ2) is 8.42. The first-order valence-electron chi connectivity index (χ1n) is 10.1. The minimum Gasteiger partial charge on any atom is -0.465 e. The summed E-state index contributed by atoms with van der Waals surface area (Å²) in [6.45, 7) is 10.1. The maximum absolute atomic E-state index is 13.4. The molecule has 0 unspecified atom stereocenters. The number of nitrogens with zero attached hydrogens (tertiary/aromatic N) is 2. The lowest BCUT2D eigenvalue weighted by Gasteiger charge is -2.32. The monoisotopic (exact) mass is 428 g/mol. The lowest BCUT2D eigenvalue weighted by Crippen LogP contribution is -2.36. The van der Waals surface area contributed by atoms with E-state index in [9.17, 15) is 13.2 Å². The van der Waals surface area contributed by atoms with Crippen molar-refractivity contribution >= 4 is 27.3 Å². The number of rotatable bonds is 4. The molecule has 1 aromatic rings. The van der Waals surface area contributed by atoms with Gasteiger partial charge in [0.15, 0.2) is 0 Å². The molecule has 0 saturated carbocycles. The van der Waals surface area contributed by atoms with Crippen LogP contribution < -0.4 is 0 Å². The summed E-state index contributed by atoms with van der Waals surface area (Å²) in [4.78, 5) is 15.9. The van der Waals surface area contributed by atoms with E-state index < -0.39 is 16.0 Å². The summed E-state index contributed by atoms with van der Waals surface area (Å²) in [5.41, 5.74) is 1.32. The normalized spacial score (nSPS) is 19.9. The van der Waals surface area contributed by atoms with Gasteiger partial charge in [-0.3, -0.25) is 4.90 Å². The molecule has 6 nitrogen and oxygen atoms in total. The Morgan fingerprint density at radius 1 is 1.11 bits per heavy atom. The van der Waals surface area contributed by atoms with Crippen molar-refractivity contribution in [3.05, 3.63) is 16.0 Å². The fourth-order valence-electron chi connectivity index (χ4n) is 4.13. The SMILES string of the molecule is COC(=O)c1c(S(=O)(=O)N2CCCCCC2)sc2c1CCN(CC(C)(C)C)C2. The molecule has 0 aliphatic carbocycles. The summed E-state index contributed by atoms with van der Waals surface area (Å²) in [5, 5.41) is 0. The van der Waals surface area contributed by atoms with E-state index in [4.69, 9.17) is 4.74 Å². The number of thiophene rings is 1. The van der Waals surface area contributed by atoms with Crippen molar-refractivity contribution in [3.63, 3.8) is 0 Å². The molecule has 3 heterocycles. The number of hydrogen-bond acceptors (Lipinski definition) is 6. The van der Waals surface area contributed by atoms with E-state index in [1.807, 2.05) is 0 Å². The van der Waals surface area contributed by atoms with Crippen LogP contribution in [0.2, 0.25) is 0 Å². The maximum atomic E-state index is 13.4. The first kappa shape index (κ1) is 21.7. The molecule has 0 radical (unpaired) electrons. The maximum Gasteiger partial charge on any atom is 0.340 e. The van der Waals surface area contributed by atoms with Crippen LogP contribution in [0.3, 0.4) is 0 Å². The molecule has 28 heavy (non-hydrogen) atoms. The number of ether oxygens (including phenoxy) is 1. The van der Waals surface area contributed by atoms with E-state index in [0.717, 1.165) is 49.2 Å². The van der Waals surface area contributed by atoms with Gasteiger partial charge in [0.1, 0.15) is 4.21 Å². The molecule has 1 saturated heterocycles. The predicted molar refractivity (Wildman–Crippen MR) is 111 cm³/mol. The second-order valence-corrected chi connectivity index (χ2v) is 12.2. The number of carbonyl (C=O) groups excluding carboxylic acids is 1. The van der Waals surface area contributed by atoms with Gasteiger partial charge in [-0.1, -0.05) is 33.6 Å². The highest BCUT2D eigenvalue weighted by molar-refractivity contribution is 7.91. The zero-order valence-electron chi connectivity index (χ0n) is 17.4. The summed E-state index contributed by atoms with van der Waals surface area (Å²) in [7, 11) is -2.36. The van der Waals surface area contributed by atoms with Crippen LogP contribution in [0.1, 0.15) is 67.3 Å². The molecule has 0 N–H and O–H groups in total. The zero-order valence-corrected chi connectivity index (χ0v) is 19.0. The zero-order chi connectivity index (χ0) is 20.5. The first-order chi connectivity index (χ1) is 13.1. The van der Waals surface area contributed by atoms with Crippen molar-refractivity contribution < 1.29 is 17.9 Å². The second-order valence-electron chi connectivity index (χ2n) is 9.00. The molecule has 0 bridgehead atoms. The molecule has 2 aliphatic heterocycles.